The SMILES string of the molecule is CCOC(=O)c1ccc(OCC(O)CN(C)Cc2ccccc2Cl)cc1. The molecule has 0 heterocycles. The Balaban J connectivity index is 1.78. The number of aliphatic hydroxyl groups excluding tert-OH is 1. The summed E-state index contributed by atoms with van der Waals surface area (Å²) in [6.45, 7) is 3.35. The number of aliphatic hydroxyl groups is 1. The highest BCUT2D eigenvalue weighted by Crippen LogP contribution is 2.17. The van der Waals surface area contributed by atoms with Crippen LogP contribution >= 0.6 is 11.6 Å². The smallest absolute Gasteiger partial charge is 0.338 e. The van der Waals surface area contributed by atoms with Crippen molar-refractivity contribution >= 4 is 17.6 Å². The van der Waals surface area contributed by atoms with E-state index in [1.165, 1.54) is 0 Å². The van der Waals surface area contributed by atoms with Crippen LogP contribution < -0.4 is 4.74 Å². The van der Waals surface area contributed by atoms with Crippen molar-refractivity contribution in [1.82, 2.24) is 4.90 Å². The van der Waals surface area contributed by atoms with Crippen LogP contribution in [-0.2, 0) is 11.3 Å². The zero-order valence-electron chi connectivity index (χ0n) is 15.0. The molecule has 0 aliphatic rings. The lowest BCUT2D eigenvalue weighted by molar-refractivity contribution is 0.0525. The molecule has 0 aliphatic heterocycles. The van der Waals surface area contributed by atoms with Crippen molar-refractivity contribution < 1.29 is 19.4 Å². The molecule has 2 aromatic rings. The molecule has 0 amide bonds. The number of likely N-dealkylation sites (N-methyl/N-ethyl adjacent to an activating group) is 1. The second-order valence-corrected chi connectivity index (χ2v) is 6.41. The Morgan fingerprint density at radius 3 is 2.54 bits per heavy atom. The third-order valence-electron chi connectivity index (χ3n) is 3.73. The van der Waals surface area contributed by atoms with Crippen LogP contribution in [0.2, 0.25) is 5.02 Å². The molecule has 1 N–H and O–H groups in total. The number of hydrogen-bond donors (Lipinski definition) is 1. The van der Waals surface area contributed by atoms with E-state index in [4.69, 9.17) is 21.1 Å². The topological polar surface area (TPSA) is 59.0 Å². The summed E-state index contributed by atoms with van der Waals surface area (Å²) in [5, 5.41) is 10.9. The van der Waals surface area contributed by atoms with Gasteiger partial charge in [-0.3, -0.25) is 4.90 Å². The fourth-order valence-electron chi connectivity index (χ4n) is 2.49. The van der Waals surface area contributed by atoms with E-state index in [1.54, 1.807) is 31.2 Å². The van der Waals surface area contributed by atoms with Gasteiger partial charge in [0, 0.05) is 18.1 Å². The summed E-state index contributed by atoms with van der Waals surface area (Å²) >= 11 is 6.15. The van der Waals surface area contributed by atoms with Crippen molar-refractivity contribution in [2.75, 3.05) is 26.8 Å². The molecule has 0 saturated heterocycles. The number of carbonyl (C=O) groups excluding carboxylic acids is 1. The summed E-state index contributed by atoms with van der Waals surface area (Å²) in [5.41, 5.74) is 1.48. The van der Waals surface area contributed by atoms with Crippen molar-refractivity contribution in [2.45, 2.75) is 19.6 Å². The Bertz CT molecular complexity index is 705. The Morgan fingerprint density at radius 2 is 1.88 bits per heavy atom. The van der Waals surface area contributed by atoms with Crippen molar-refractivity contribution in [3.63, 3.8) is 0 Å². The molecule has 0 aliphatic carbocycles. The van der Waals surface area contributed by atoms with E-state index >= 15 is 0 Å². The van der Waals surface area contributed by atoms with Crippen molar-refractivity contribution in [1.29, 1.82) is 0 Å². The van der Waals surface area contributed by atoms with Crippen LogP contribution in [0.3, 0.4) is 0 Å². The van der Waals surface area contributed by atoms with Gasteiger partial charge in [-0.05, 0) is 49.9 Å². The van der Waals surface area contributed by atoms with E-state index in [9.17, 15) is 9.90 Å². The molecule has 0 spiro atoms. The molecule has 0 saturated carbocycles. The lowest BCUT2D eigenvalue weighted by Crippen LogP contribution is -2.32. The first-order valence-electron chi connectivity index (χ1n) is 8.49. The number of halogens is 1. The molecule has 0 bridgehead atoms. The van der Waals surface area contributed by atoms with Crippen molar-refractivity contribution in [3.05, 3.63) is 64.7 Å². The molecular weight excluding hydrogens is 354 g/mol. The monoisotopic (exact) mass is 377 g/mol. The predicted octanol–water partition coefficient (Wildman–Crippen LogP) is 3.39. The predicted molar refractivity (Wildman–Crippen MR) is 102 cm³/mol. The summed E-state index contributed by atoms with van der Waals surface area (Å²) in [5.74, 6) is 0.228. The molecule has 1 unspecified atom stereocenters. The van der Waals surface area contributed by atoms with E-state index in [-0.39, 0.29) is 12.6 Å². The second kappa shape index (κ2) is 10.2. The van der Waals surface area contributed by atoms with Gasteiger partial charge < -0.3 is 14.6 Å². The average Bonchev–Trinajstić information content (AvgIpc) is 2.62. The van der Waals surface area contributed by atoms with Gasteiger partial charge in [-0.1, -0.05) is 29.8 Å². The average molecular weight is 378 g/mol. The molecule has 0 radical (unpaired) electrons. The number of esters is 1. The zero-order chi connectivity index (χ0) is 18.9. The van der Waals surface area contributed by atoms with Crippen LogP contribution in [0.4, 0.5) is 0 Å². The van der Waals surface area contributed by atoms with E-state index in [1.807, 2.05) is 36.2 Å². The van der Waals surface area contributed by atoms with E-state index in [0.717, 1.165) is 5.56 Å². The van der Waals surface area contributed by atoms with Gasteiger partial charge in [0.25, 0.3) is 0 Å². The lowest BCUT2D eigenvalue weighted by atomic mass is 10.2. The normalized spacial score (nSPS) is 12.0. The Labute approximate surface area is 159 Å². The Hall–Kier alpha value is -2.08. The summed E-state index contributed by atoms with van der Waals surface area (Å²) < 4.78 is 10.5. The van der Waals surface area contributed by atoms with Gasteiger partial charge in [-0.15, -0.1) is 0 Å². The third kappa shape index (κ3) is 6.33. The molecule has 26 heavy (non-hydrogen) atoms. The minimum Gasteiger partial charge on any atom is -0.491 e. The first kappa shape index (κ1) is 20.2. The largest absolute Gasteiger partial charge is 0.491 e. The molecular formula is C20H24ClNO4. The molecule has 0 fully saturated rings. The van der Waals surface area contributed by atoms with Gasteiger partial charge in [0.1, 0.15) is 18.5 Å². The second-order valence-electron chi connectivity index (χ2n) is 6.00. The number of benzene rings is 2. The van der Waals surface area contributed by atoms with Gasteiger partial charge in [0.15, 0.2) is 0 Å². The van der Waals surface area contributed by atoms with Gasteiger partial charge >= 0.3 is 5.97 Å². The van der Waals surface area contributed by atoms with Crippen LogP contribution in [0.15, 0.2) is 48.5 Å². The summed E-state index contributed by atoms with van der Waals surface area (Å²) in [6.07, 6.45) is -0.646. The van der Waals surface area contributed by atoms with Crippen LogP contribution in [0.1, 0.15) is 22.8 Å². The number of nitrogens with zero attached hydrogens (tertiary/aromatic N) is 1. The third-order valence-corrected chi connectivity index (χ3v) is 4.10. The first-order valence-corrected chi connectivity index (χ1v) is 8.87. The van der Waals surface area contributed by atoms with Crippen LogP contribution in [-0.4, -0.2) is 48.9 Å². The fourth-order valence-corrected chi connectivity index (χ4v) is 2.68. The Kier molecular flexibility index (Phi) is 7.91. The highest BCUT2D eigenvalue weighted by Gasteiger charge is 2.12. The molecule has 5 nitrogen and oxygen atoms in total. The van der Waals surface area contributed by atoms with Crippen LogP contribution in [0.25, 0.3) is 0 Å². The van der Waals surface area contributed by atoms with Gasteiger partial charge in [0.05, 0.1) is 12.2 Å². The number of hydrogen-bond acceptors (Lipinski definition) is 5. The zero-order valence-corrected chi connectivity index (χ0v) is 15.8. The summed E-state index contributed by atoms with van der Waals surface area (Å²) in [7, 11) is 1.92. The van der Waals surface area contributed by atoms with E-state index in [2.05, 4.69) is 0 Å². The first-order chi connectivity index (χ1) is 12.5. The highest BCUT2D eigenvalue weighted by molar-refractivity contribution is 6.31. The Morgan fingerprint density at radius 1 is 1.19 bits per heavy atom. The lowest BCUT2D eigenvalue weighted by Gasteiger charge is -2.21. The maximum absolute atomic E-state index is 11.6. The maximum atomic E-state index is 11.6. The standard InChI is InChI=1S/C20H24ClNO4/c1-3-25-20(24)15-8-10-18(11-9-15)26-14-17(23)13-22(2)12-16-6-4-5-7-19(16)21/h4-11,17,23H,3,12-14H2,1-2H3. The van der Waals surface area contributed by atoms with Crippen LogP contribution in [0, 0.1) is 0 Å². The molecule has 6 heteroatoms. The van der Waals surface area contributed by atoms with Crippen molar-refractivity contribution in [3.8, 4) is 5.75 Å². The number of carbonyl (C=O) groups is 1. The van der Waals surface area contributed by atoms with E-state index in [0.29, 0.717) is 36.0 Å². The van der Waals surface area contributed by atoms with Gasteiger partial charge in [0.2, 0.25) is 0 Å². The summed E-state index contributed by atoms with van der Waals surface area (Å²) in [4.78, 5) is 13.6. The van der Waals surface area contributed by atoms with Gasteiger partial charge in [-0.25, -0.2) is 4.79 Å². The molecule has 2 rings (SSSR count). The molecule has 0 aromatic heterocycles. The maximum Gasteiger partial charge on any atom is 0.338 e. The quantitative estimate of drug-likeness (QED) is 0.679. The summed E-state index contributed by atoms with van der Waals surface area (Å²) in [6, 6.07) is 14.3. The van der Waals surface area contributed by atoms with E-state index < -0.39 is 6.10 Å². The van der Waals surface area contributed by atoms with Crippen LogP contribution in [0.5, 0.6) is 5.75 Å². The van der Waals surface area contributed by atoms with Crippen molar-refractivity contribution in [2.24, 2.45) is 0 Å². The molecule has 1 atom stereocenters. The fraction of sp³-hybridized carbons (Fsp3) is 0.350. The van der Waals surface area contributed by atoms with Gasteiger partial charge in [-0.2, -0.15) is 0 Å². The minimum absolute atomic E-state index is 0.158. The molecule has 2 aromatic carbocycles. The molecule has 140 valence electrons. The number of ether oxygens (including phenoxy) is 2. The minimum atomic E-state index is -0.646. The highest BCUT2D eigenvalue weighted by atomic mass is 35.5. The number of rotatable bonds is 9.